The summed E-state index contributed by atoms with van der Waals surface area (Å²) in [5.41, 5.74) is 2.00. The quantitative estimate of drug-likeness (QED) is 0.905. The monoisotopic (exact) mass is 292 g/mol. The minimum absolute atomic E-state index is 0.283. The SMILES string of the molecule is COCCN(C)C(=O)N1Cc2ccccc2C[C@@H]1C(=O)O. The third kappa shape index (κ3) is 3.33. The summed E-state index contributed by atoms with van der Waals surface area (Å²) in [6, 6.07) is 6.54. The summed E-state index contributed by atoms with van der Waals surface area (Å²) in [7, 11) is 3.22. The van der Waals surface area contributed by atoms with Crippen LogP contribution in [-0.4, -0.2) is 60.3 Å². The smallest absolute Gasteiger partial charge is 0.326 e. The minimum atomic E-state index is -0.974. The molecule has 0 saturated heterocycles. The number of carbonyl (C=O) groups is 2. The molecule has 1 aliphatic heterocycles. The number of carbonyl (C=O) groups excluding carboxylic acids is 1. The van der Waals surface area contributed by atoms with Gasteiger partial charge in [0.2, 0.25) is 0 Å². The van der Waals surface area contributed by atoms with Crippen molar-refractivity contribution in [1.29, 1.82) is 0 Å². The van der Waals surface area contributed by atoms with E-state index in [1.807, 2.05) is 24.3 Å². The maximum Gasteiger partial charge on any atom is 0.326 e. The highest BCUT2D eigenvalue weighted by Crippen LogP contribution is 2.24. The van der Waals surface area contributed by atoms with Crippen molar-refractivity contribution < 1.29 is 19.4 Å². The lowest BCUT2D eigenvalue weighted by molar-refractivity contribution is -0.142. The normalized spacial score (nSPS) is 17.2. The molecule has 6 nitrogen and oxygen atoms in total. The molecule has 1 N–H and O–H groups in total. The Kier molecular flexibility index (Phi) is 4.80. The van der Waals surface area contributed by atoms with Crippen molar-refractivity contribution in [2.24, 2.45) is 0 Å². The van der Waals surface area contributed by atoms with Crippen molar-refractivity contribution >= 4 is 12.0 Å². The largest absolute Gasteiger partial charge is 0.480 e. The Morgan fingerprint density at radius 1 is 1.38 bits per heavy atom. The minimum Gasteiger partial charge on any atom is -0.480 e. The third-order valence-electron chi connectivity index (χ3n) is 3.74. The van der Waals surface area contributed by atoms with Gasteiger partial charge in [-0.2, -0.15) is 0 Å². The van der Waals surface area contributed by atoms with Gasteiger partial charge in [-0.15, -0.1) is 0 Å². The number of likely N-dealkylation sites (N-methyl/N-ethyl adjacent to an activating group) is 1. The highest BCUT2D eigenvalue weighted by atomic mass is 16.5. The molecule has 1 aromatic rings. The van der Waals surface area contributed by atoms with Gasteiger partial charge in [-0.05, 0) is 11.1 Å². The van der Waals surface area contributed by atoms with Gasteiger partial charge in [0.1, 0.15) is 6.04 Å². The summed E-state index contributed by atoms with van der Waals surface area (Å²) in [6.07, 6.45) is 0.343. The van der Waals surface area contributed by atoms with Crippen molar-refractivity contribution in [1.82, 2.24) is 9.80 Å². The first-order valence-electron chi connectivity index (χ1n) is 6.85. The Morgan fingerprint density at radius 2 is 2.05 bits per heavy atom. The molecular weight excluding hydrogens is 272 g/mol. The molecule has 0 aliphatic carbocycles. The zero-order valence-electron chi connectivity index (χ0n) is 12.3. The second kappa shape index (κ2) is 6.58. The Labute approximate surface area is 123 Å². The zero-order valence-corrected chi connectivity index (χ0v) is 12.3. The highest BCUT2D eigenvalue weighted by molar-refractivity contribution is 5.83. The number of hydrogen-bond acceptors (Lipinski definition) is 3. The fraction of sp³-hybridized carbons (Fsp3) is 0.467. The molecule has 1 aliphatic rings. The van der Waals surface area contributed by atoms with Gasteiger partial charge in [0.05, 0.1) is 6.61 Å². The van der Waals surface area contributed by atoms with E-state index in [0.29, 0.717) is 26.1 Å². The van der Waals surface area contributed by atoms with Gasteiger partial charge in [-0.25, -0.2) is 9.59 Å². The number of methoxy groups -OCH3 is 1. The van der Waals surface area contributed by atoms with Crippen LogP contribution in [0.15, 0.2) is 24.3 Å². The second-order valence-electron chi connectivity index (χ2n) is 5.15. The van der Waals surface area contributed by atoms with Gasteiger partial charge in [0, 0.05) is 33.7 Å². The predicted octanol–water partition coefficient (Wildman–Crippen LogP) is 1.20. The van der Waals surface area contributed by atoms with E-state index >= 15 is 0 Å². The molecule has 0 saturated carbocycles. The number of carboxylic acid groups (broad SMARTS) is 1. The van der Waals surface area contributed by atoms with Crippen molar-refractivity contribution in [3.05, 3.63) is 35.4 Å². The Morgan fingerprint density at radius 3 is 2.67 bits per heavy atom. The summed E-state index contributed by atoms with van der Waals surface area (Å²) >= 11 is 0. The van der Waals surface area contributed by atoms with Gasteiger partial charge < -0.3 is 19.6 Å². The molecule has 2 amide bonds. The predicted molar refractivity (Wildman–Crippen MR) is 77.0 cm³/mol. The summed E-state index contributed by atoms with van der Waals surface area (Å²) in [4.78, 5) is 26.9. The average Bonchev–Trinajstić information content (AvgIpc) is 2.50. The van der Waals surface area contributed by atoms with Crippen LogP contribution in [0.5, 0.6) is 0 Å². The molecule has 1 atom stereocenters. The van der Waals surface area contributed by atoms with Crippen LogP contribution >= 0.6 is 0 Å². The zero-order chi connectivity index (χ0) is 15.4. The lowest BCUT2D eigenvalue weighted by Gasteiger charge is -2.36. The van der Waals surface area contributed by atoms with Gasteiger partial charge in [0.25, 0.3) is 0 Å². The molecule has 6 heteroatoms. The van der Waals surface area contributed by atoms with E-state index in [0.717, 1.165) is 11.1 Å². The van der Waals surface area contributed by atoms with Gasteiger partial charge >= 0.3 is 12.0 Å². The van der Waals surface area contributed by atoms with Crippen LogP contribution in [0.2, 0.25) is 0 Å². The van der Waals surface area contributed by atoms with Gasteiger partial charge in [-0.1, -0.05) is 24.3 Å². The highest BCUT2D eigenvalue weighted by Gasteiger charge is 2.35. The molecule has 0 bridgehead atoms. The number of amides is 2. The Balaban J connectivity index is 2.20. The van der Waals surface area contributed by atoms with Crippen LogP contribution in [0.1, 0.15) is 11.1 Å². The van der Waals surface area contributed by atoms with Crippen molar-refractivity contribution in [3.8, 4) is 0 Å². The van der Waals surface area contributed by atoms with Crippen LogP contribution in [-0.2, 0) is 22.5 Å². The van der Waals surface area contributed by atoms with Crippen molar-refractivity contribution in [2.75, 3.05) is 27.3 Å². The topological polar surface area (TPSA) is 70.1 Å². The van der Waals surface area contributed by atoms with Crippen LogP contribution in [0.4, 0.5) is 4.79 Å². The van der Waals surface area contributed by atoms with E-state index in [9.17, 15) is 14.7 Å². The number of fused-ring (bicyclic) bond motifs is 1. The number of benzene rings is 1. The van der Waals surface area contributed by atoms with E-state index in [4.69, 9.17) is 4.74 Å². The fourth-order valence-electron chi connectivity index (χ4n) is 2.49. The van der Waals surface area contributed by atoms with Crippen molar-refractivity contribution in [3.63, 3.8) is 0 Å². The lowest BCUT2D eigenvalue weighted by atomic mass is 9.94. The standard InChI is InChI=1S/C15H20N2O4/c1-16(7-8-21-2)15(20)17-10-12-6-4-3-5-11(12)9-13(17)14(18)19/h3-6,13H,7-10H2,1-2H3,(H,18,19)/t13-/m1/s1. The number of urea groups is 1. The van der Waals surface area contributed by atoms with Crippen LogP contribution in [0, 0.1) is 0 Å². The molecular formula is C15H20N2O4. The van der Waals surface area contributed by atoms with E-state index in [1.165, 1.54) is 9.80 Å². The maximum atomic E-state index is 12.5. The average molecular weight is 292 g/mol. The molecule has 0 unspecified atom stereocenters. The maximum absolute atomic E-state index is 12.5. The summed E-state index contributed by atoms with van der Waals surface area (Å²) < 4.78 is 4.95. The fourth-order valence-corrected chi connectivity index (χ4v) is 2.49. The first-order valence-corrected chi connectivity index (χ1v) is 6.85. The van der Waals surface area contributed by atoms with E-state index in [1.54, 1.807) is 14.2 Å². The molecule has 21 heavy (non-hydrogen) atoms. The summed E-state index contributed by atoms with van der Waals surface area (Å²) in [5, 5.41) is 9.40. The number of nitrogens with zero attached hydrogens (tertiary/aromatic N) is 2. The molecule has 114 valence electrons. The Hall–Kier alpha value is -2.08. The van der Waals surface area contributed by atoms with E-state index in [2.05, 4.69) is 0 Å². The summed E-state index contributed by atoms with van der Waals surface area (Å²) in [5.74, 6) is -0.974. The molecule has 2 rings (SSSR count). The van der Waals surface area contributed by atoms with Crippen LogP contribution < -0.4 is 0 Å². The molecule has 0 spiro atoms. The van der Waals surface area contributed by atoms with Crippen LogP contribution in [0.3, 0.4) is 0 Å². The Bertz CT molecular complexity index is 532. The number of ether oxygens (including phenoxy) is 1. The molecule has 0 fully saturated rings. The second-order valence-corrected chi connectivity index (χ2v) is 5.15. The van der Waals surface area contributed by atoms with Gasteiger partial charge in [-0.3, -0.25) is 0 Å². The number of rotatable bonds is 4. The number of hydrogen-bond donors (Lipinski definition) is 1. The summed E-state index contributed by atoms with van der Waals surface area (Å²) in [6.45, 7) is 1.17. The number of carboxylic acids is 1. The molecule has 0 radical (unpaired) electrons. The molecule has 1 heterocycles. The van der Waals surface area contributed by atoms with Crippen LogP contribution in [0.25, 0.3) is 0 Å². The van der Waals surface area contributed by atoms with Crippen molar-refractivity contribution in [2.45, 2.75) is 19.0 Å². The third-order valence-corrected chi connectivity index (χ3v) is 3.74. The first-order chi connectivity index (χ1) is 10.0. The number of aliphatic carboxylic acids is 1. The lowest BCUT2D eigenvalue weighted by Crippen LogP contribution is -2.53. The molecule has 0 aromatic heterocycles. The van der Waals surface area contributed by atoms with Gasteiger partial charge in [0.15, 0.2) is 0 Å². The van der Waals surface area contributed by atoms with E-state index < -0.39 is 12.0 Å². The first kappa shape index (κ1) is 15.3. The van der Waals surface area contributed by atoms with E-state index in [-0.39, 0.29) is 6.03 Å². The molecule has 1 aromatic carbocycles.